The number of benzene rings is 1. The third-order valence-electron chi connectivity index (χ3n) is 1.66. The van der Waals surface area contributed by atoms with E-state index in [1.807, 2.05) is 0 Å². The summed E-state index contributed by atoms with van der Waals surface area (Å²) in [6.07, 6.45) is -1.18. The summed E-state index contributed by atoms with van der Waals surface area (Å²) >= 11 is 3.19. The van der Waals surface area contributed by atoms with E-state index in [0.717, 1.165) is 0 Å². The van der Waals surface area contributed by atoms with Crippen molar-refractivity contribution < 1.29 is 17.9 Å². The summed E-state index contributed by atoms with van der Waals surface area (Å²) < 4.78 is 39.5. The van der Waals surface area contributed by atoms with Gasteiger partial charge in [0.1, 0.15) is 0 Å². The highest BCUT2D eigenvalue weighted by Gasteiger charge is 2.31. The van der Waals surface area contributed by atoms with Gasteiger partial charge in [0.05, 0.1) is 5.69 Å². The fourth-order valence-corrected chi connectivity index (χ4v) is 1.26. The molecule has 0 fully saturated rings. The third kappa shape index (κ3) is 4.14. The SMILES string of the molecule is Nc1cc(C=CCBr)ccc1OC(F)(F)F. The highest BCUT2D eigenvalue weighted by atomic mass is 79.9. The number of nitrogens with two attached hydrogens (primary N) is 1. The van der Waals surface area contributed by atoms with Crippen LogP contribution < -0.4 is 10.5 Å². The van der Waals surface area contributed by atoms with Gasteiger partial charge in [0.2, 0.25) is 0 Å². The molecular weight excluding hydrogens is 287 g/mol. The van der Waals surface area contributed by atoms with E-state index in [4.69, 9.17) is 5.73 Å². The Balaban J connectivity index is 2.87. The van der Waals surface area contributed by atoms with E-state index in [2.05, 4.69) is 20.7 Å². The number of rotatable bonds is 3. The molecule has 0 radical (unpaired) electrons. The van der Waals surface area contributed by atoms with Gasteiger partial charge in [-0.1, -0.05) is 34.1 Å². The number of ether oxygens (including phenoxy) is 1. The number of allylic oxidation sites excluding steroid dienone is 1. The molecule has 0 saturated heterocycles. The van der Waals surface area contributed by atoms with Crippen molar-refractivity contribution in [3.05, 3.63) is 29.8 Å². The maximum Gasteiger partial charge on any atom is 0.573 e. The molecule has 0 heterocycles. The van der Waals surface area contributed by atoms with Crippen molar-refractivity contribution in [2.75, 3.05) is 11.1 Å². The third-order valence-corrected chi connectivity index (χ3v) is 2.03. The average Bonchev–Trinajstić information content (AvgIpc) is 2.17. The molecule has 0 bridgehead atoms. The fourth-order valence-electron chi connectivity index (χ4n) is 1.07. The van der Waals surface area contributed by atoms with Crippen LogP contribution in [0.1, 0.15) is 5.56 Å². The number of nitrogen functional groups attached to an aromatic ring is 1. The summed E-state index contributed by atoms with van der Waals surface area (Å²) in [6, 6.07) is 4.10. The molecule has 0 amide bonds. The van der Waals surface area contributed by atoms with E-state index in [1.54, 1.807) is 12.2 Å². The highest BCUT2D eigenvalue weighted by Crippen LogP contribution is 2.29. The van der Waals surface area contributed by atoms with Crippen LogP contribution in [0.4, 0.5) is 18.9 Å². The highest BCUT2D eigenvalue weighted by molar-refractivity contribution is 9.09. The topological polar surface area (TPSA) is 35.2 Å². The quantitative estimate of drug-likeness (QED) is 0.683. The van der Waals surface area contributed by atoms with Crippen molar-refractivity contribution in [2.24, 2.45) is 0 Å². The van der Waals surface area contributed by atoms with E-state index in [-0.39, 0.29) is 11.4 Å². The second-order valence-corrected chi connectivity index (χ2v) is 3.55. The molecule has 1 aromatic rings. The molecule has 0 spiro atoms. The zero-order valence-corrected chi connectivity index (χ0v) is 9.68. The van der Waals surface area contributed by atoms with Crippen molar-refractivity contribution >= 4 is 27.7 Å². The average molecular weight is 296 g/mol. The number of hydrogen-bond donors (Lipinski definition) is 1. The van der Waals surface area contributed by atoms with E-state index in [9.17, 15) is 13.2 Å². The first-order valence-electron chi connectivity index (χ1n) is 4.30. The van der Waals surface area contributed by atoms with Crippen LogP contribution in [-0.2, 0) is 0 Å². The first kappa shape index (κ1) is 12.9. The molecule has 1 aromatic carbocycles. The molecule has 0 aliphatic carbocycles. The van der Waals surface area contributed by atoms with Gasteiger partial charge < -0.3 is 10.5 Å². The van der Waals surface area contributed by atoms with Gasteiger partial charge in [-0.25, -0.2) is 0 Å². The predicted molar refractivity (Wildman–Crippen MR) is 60.4 cm³/mol. The monoisotopic (exact) mass is 295 g/mol. The molecule has 2 nitrogen and oxygen atoms in total. The van der Waals surface area contributed by atoms with Crippen molar-refractivity contribution in [3.8, 4) is 5.75 Å². The minimum absolute atomic E-state index is 0.0472. The maximum atomic E-state index is 11.9. The Morgan fingerprint density at radius 2 is 2.06 bits per heavy atom. The van der Waals surface area contributed by atoms with Crippen molar-refractivity contribution in [3.63, 3.8) is 0 Å². The van der Waals surface area contributed by atoms with Crippen LogP contribution in [0.2, 0.25) is 0 Å². The van der Waals surface area contributed by atoms with Gasteiger partial charge in [0.15, 0.2) is 5.75 Å². The lowest BCUT2D eigenvalue weighted by Crippen LogP contribution is -2.18. The Labute approximate surface area is 99.0 Å². The first-order chi connectivity index (χ1) is 7.42. The lowest BCUT2D eigenvalue weighted by atomic mass is 10.2. The summed E-state index contributed by atoms with van der Waals surface area (Å²) in [5.41, 5.74) is 6.10. The summed E-state index contributed by atoms with van der Waals surface area (Å²) in [6.45, 7) is 0. The molecule has 0 aliphatic rings. The van der Waals surface area contributed by atoms with Gasteiger partial charge in [-0.3, -0.25) is 0 Å². The van der Waals surface area contributed by atoms with Crippen molar-refractivity contribution in [1.29, 1.82) is 0 Å². The number of halogens is 4. The molecule has 6 heteroatoms. The van der Waals surface area contributed by atoms with E-state index >= 15 is 0 Å². The molecule has 1 rings (SSSR count). The summed E-state index contributed by atoms with van der Waals surface area (Å²) in [5, 5.41) is 0.660. The zero-order chi connectivity index (χ0) is 12.2. The smallest absolute Gasteiger partial charge is 0.404 e. The molecule has 0 atom stereocenters. The van der Waals surface area contributed by atoms with Crippen molar-refractivity contribution in [1.82, 2.24) is 0 Å². The minimum Gasteiger partial charge on any atom is -0.404 e. The molecular formula is C10H9BrF3NO. The normalized spacial score (nSPS) is 12.0. The summed E-state index contributed by atoms with van der Waals surface area (Å²) in [5.74, 6) is -0.386. The number of alkyl halides is 4. The van der Waals surface area contributed by atoms with Crippen LogP contribution in [0.3, 0.4) is 0 Å². The summed E-state index contributed by atoms with van der Waals surface area (Å²) in [4.78, 5) is 0. The molecule has 0 aromatic heterocycles. The Kier molecular flexibility index (Phi) is 4.23. The Morgan fingerprint density at radius 3 is 2.56 bits per heavy atom. The lowest BCUT2D eigenvalue weighted by Gasteiger charge is -2.11. The molecule has 2 N–H and O–H groups in total. The Bertz CT molecular complexity index is 390. The van der Waals surface area contributed by atoms with Gasteiger partial charge in [-0.15, -0.1) is 13.2 Å². The molecule has 0 aliphatic heterocycles. The van der Waals surface area contributed by atoms with Crippen LogP contribution in [-0.4, -0.2) is 11.7 Å². The molecule has 0 saturated carbocycles. The largest absolute Gasteiger partial charge is 0.573 e. The van der Waals surface area contributed by atoms with Gasteiger partial charge in [0, 0.05) is 5.33 Å². The van der Waals surface area contributed by atoms with Gasteiger partial charge in [0.25, 0.3) is 0 Å². The van der Waals surface area contributed by atoms with Crippen molar-refractivity contribution in [2.45, 2.75) is 6.36 Å². The van der Waals surface area contributed by atoms with E-state index in [1.165, 1.54) is 18.2 Å². The van der Waals surface area contributed by atoms with Crippen LogP contribution in [0, 0.1) is 0 Å². The van der Waals surface area contributed by atoms with Crippen LogP contribution in [0.5, 0.6) is 5.75 Å². The first-order valence-corrected chi connectivity index (χ1v) is 5.42. The predicted octanol–water partition coefficient (Wildman–Crippen LogP) is 3.58. The molecule has 88 valence electrons. The van der Waals surface area contributed by atoms with E-state index in [0.29, 0.717) is 10.9 Å². The fraction of sp³-hybridized carbons (Fsp3) is 0.200. The summed E-state index contributed by atoms with van der Waals surface area (Å²) in [7, 11) is 0. The number of anilines is 1. The minimum atomic E-state index is -4.72. The Hall–Kier alpha value is -1.17. The lowest BCUT2D eigenvalue weighted by molar-refractivity contribution is -0.274. The standard InChI is InChI=1S/C10H9BrF3NO/c11-5-1-2-7-3-4-9(8(15)6-7)16-10(12,13)14/h1-4,6H,5,15H2. The van der Waals surface area contributed by atoms with Gasteiger partial charge in [-0.05, 0) is 17.7 Å². The van der Waals surface area contributed by atoms with E-state index < -0.39 is 6.36 Å². The second-order valence-electron chi connectivity index (χ2n) is 2.90. The maximum absolute atomic E-state index is 11.9. The second kappa shape index (κ2) is 5.25. The van der Waals surface area contributed by atoms with Crippen LogP contribution >= 0.6 is 15.9 Å². The molecule has 0 unspecified atom stereocenters. The zero-order valence-electron chi connectivity index (χ0n) is 8.09. The van der Waals surface area contributed by atoms with Crippen LogP contribution in [0.25, 0.3) is 6.08 Å². The Morgan fingerprint density at radius 1 is 1.38 bits per heavy atom. The number of hydrogen-bond acceptors (Lipinski definition) is 2. The van der Waals surface area contributed by atoms with Crippen LogP contribution in [0.15, 0.2) is 24.3 Å². The molecule has 16 heavy (non-hydrogen) atoms. The van der Waals surface area contributed by atoms with Gasteiger partial charge in [-0.2, -0.15) is 0 Å². The van der Waals surface area contributed by atoms with Gasteiger partial charge >= 0.3 is 6.36 Å².